The summed E-state index contributed by atoms with van der Waals surface area (Å²) < 4.78 is 21.2. The summed E-state index contributed by atoms with van der Waals surface area (Å²) in [6.45, 7) is 8.29. The van der Waals surface area contributed by atoms with Crippen LogP contribution in [-0.4, -0.2) is 31.3 Å². The lowest BCUT2D eigenvalue weighted by atomic mass is 9.96. The van der Waals surface area contributed by atoms with Gasteiger partial charge in [-0.2, -0.15) is 0 Å². The molecule has 0 saturated heterocycles. The second kappa shape index (κ2) is 11.5. The minimum absolute atomic E-state index is 0.197. The molecule has 2 aromatic carbocycles. The van der Waals surface area contributed by atoms with E-state index in [1.807, 2.05) is 64.2 Å². The van der Waals surface area contributed by atoms with Gasteiger partial charge in [0.1, 0.15) is 17.3 Å². The minimum Gasteiger partial charge on any atom is -0.492 e. The zero-order chi connectivity index (χ0) is 23.8. The van der Waals surface area contributed by atoms with Crippen molar-refractivity contribution in [3.63, 3.8) is 0 Å². The van der Waals surface area contributed by atoms with Gasteiger partial charge in [0.05, 0.1) is 6.61 Å². The average molecular weight is 446 g/mol. The molecule has 0 fully saturated rings. The lowest BCUT2D eigenvalue weighted by Crippen LogP contribution is -2.04. The number of ether oxygens (including phenoxy) is 1. The summed E-state index contributed by atoms with van der Waals surface area (Å²) in [6.07, 6.45) is 10.1. The Hall–Kier alpha value is -3.34. The molecule has 0 amide bonds. The van der Waals surface area contributed by atoms with Crippen molar-refractivity contribution in [2.45, 2.75) is 47.0 Å². The van der Waals surface area contributed by atoms with E-state index >= 15 is 4.39 Å². The van der Waals surface area contributed by atoms with Gasteiger partial charge < -0.3 is 4.74 Å². The normalized spacial score (nSPS) is 18.2. The largest absolute Gasteiger partial charge is 0.492 e. The first kappa shape index (κ1) is 24.3. The van der Waals surface area contributed by atoms with Crippen LogP contribution in [0, 0.1) is 5.82 Å². The van der Waals surface area contributed by atoms with Crippen LogP contribution in [0.25, 0.3) is 11.1 Å². The van der Waals surface area contributed by atoms with Crippen molar-refractivity contribution in [2.75, 3.05) is 13.7 Å². The fourth-order valence-electron chi connectivity index (χ4n) is 3.77. The molecule has 0 aliphatic carbocycles. The molecule has 5 heteroatoms. The molecule has 1 aliphatic rings. The summed E-state index contributed by atoms with van der Waals surface area (Å²) in [5.74, 6) is 0.418. The van der Waals surface area contributed by atoms with Crippen molar-refractivity contribution in [3.8, 4) is 16.9 Å². The van der Waals surface area contributed by atoms with E-state index < -0.39 is 0 Å². The first-order valence-corrected chi connectivity index (χ1v) is 11.4. The van der Waals surface area contributed by atoms with Crippen LogP contribution >= 0.6 is 0 Å². The van der Waals surface area contributed by atoms with Crippen molar-refractivity contribution in [2.24, 2.45) is 15.0 Å². The number of rotatable bonds is 7. The maximum atomic E-state index is 15.2. The number of nitrogens with zero attached hydrogens (tertiary/aromatic N) is 3. The Morgan fingerprint density at radius 2 is 1.97 bits per heavy atom. The number of aliphatic imine (C=N–C) groups is 3. The number of hydrogen-bond donors (Lipinski definition) is 0. The Morgan fingerprint density at radius 1 is 1.15 bits per heavy atom. The monoisotopic (exact) mass is 445 g/mol. The Bertz CT molecular complexity index is 1160. The van der Waals surface area contributed by atoms with E-state index in [0.29, 0.717) is 35.6 Å². The smallest absolute Gasteiger partial charge is 0.146 e. The van der Waals surface area contributed by atoms with Crippen molar-refractivity contribution in [3.05, 3.63) is 71.2 Å². The van der Waals surface area contributed by atoms with Gasteiger partial charge in [0, 0.05) is 42.0 Å². The van der Waals surface area contributed by atoms with E-state index in [0.717, 1.165) is 41.0 Å². The maximum Gasteiger partial charge on any atom is 0.146 e. The van der Waals surface area contributed by atoms with Gasteiger partial charge in [-0.05, 0) is 74.9 Å². The van der Waals surface area contributed by atoms with Crippen LogP contribution in [0.1, 0.15) is 51.7 Å². The predicted octanol–water partition coefficient (Wildman–Crippen LogP) is 7.29. The lowest BCUT2D eigenvalue weighted by Gasteiger charge is -2.17. The fraction of sp³-hybridized carbons (Fsp3) is 0.321. The van der Waals surface area contributed by atoms with Gasteiger partial charge in [0.25, 0.3) is 0 Å². The highest BCUT2D eigenvalue weighted by atomic mass is 19.1. The summed E-state index contributed by atoms with van der Waals surface area (Å²) in [5, 5.41) is 0. The quantitative estimate of drug-likeness (QED) is 0.413. The number of hydrogen-bond acceptors (Lipinski definition) is 4. The molecule has 4 nitrogen and oxygen atoms in total. The minimum atomic E-state index is -0.197. The van der Waals surface area contributed by atoms with Crippen molar-refractivity contribution in [1.82, 2.24) is 0 Å². The number of allylic oxidation sites excluding steroid dienone is 3. The lowest BCUT2D eigenvalue weighted by molar-refractivity contribution is 0.341. The SMILES string of the molecule is CCOc1cc(-c2cccc(CC)c2F)cc(C(C)=NC)c1N=C(C)/C1=C/N=C/C=C/CC1. The van der Waals surface area contributed by atoms with Crippen LogP contribution in [0.3, 0.4) is 0 Å². The molecule has 0 spiro atoms. The van der Waals surface area contributed by atoms with E-state index in [1.165, 1.54) is 0 Å². The maximum absolute atomic E-state index is 15.2. The van der Waals surface area contributed by atoms with Gasteiger partial charge in [-0.3, -0.25) is 9.98 Å². The van der Waals surface area contributed by atoms with E-state index in [2.05, 4.69) is 16.1 Å². The van der Waals surface area contributed by atoms with Crippen LogP contribution < -0.4 is 4.74 Å². The van der Waals surface area contributed by atoms with Crippen molar-refractivity contribution >= 4 is 23.3 Å². The van der Waals surface area contributed by atoms with Gasteiger partial charge >= 0.3 is 0 Å². The fourth-order valence-corrected chi connectivity index (χ4v) is 3.77. The molecule has 0 N–H and O–H groups in total. The second-order valence-electron chi connectivity index (χ2n) is 7.86. The molecule has 0 atom stereocenters. The molecule has 33 heavy (non-hydrogen) atoms. The Morgan fingerprint density at radius 3 is 2.70 bits per heavy atom. The van der Waals surface area contributed by atoms with E-state index in [1.54, 1.807) is 19.3 Å². The van der Waals surface area contributed by atoms with Crippen LogP contribution in [0.2, 0.25) is 0 Å². The Kier molecular flexibility index (Phi) is 8.47. The molecule has 0 bridgehead atoms. The van der Waals surface area contributed by atoms with Crippen LogP contribution in [0.4, 0.5) is 10.1 Å². The second-order valence-corrected chi connectivity index (χ2v) is 7.86. The molecule has 3 rings (SSSR count). The molecule has 1 aliphatic heterocycles. The highest BCUT2D eigenvalue weighted by Crippen LogP contribution is 2.39. The van der Waals surface area contributed by atoms with Crippen LogP contribution in [0.15, 0.2) is 69.2 Å². The molecular formula is C28H32FN3O. The van der Waals surface area contributed by atoms with Crippen molar-refractivity contribution < 1.29 is 9.13 Å². The first-order chi connectivity index (χ1) is 16.0. The van der Waals surface area contributed by atoms with Gasteiger partial charge in [-0.1, -0.05) is 31.2 Å². The zero-order valence-electron chi connectivity index (χ0n) is 20.2. The molecule has 0 aromatic heterocycles. The van der Waals surface area contributed by atoms with Crippen LogP contribution in [0.5, 0.6) is 5.75 Å². The molecule has 0 unspecified atom stereocenters. The third-order valence-electron chi connectivity index (χ3n) is 5.73. The molecular weight excluding hydrogens is 413 g/mol. The van der Waals surface area contributed by atoms with Gasteiger partial charge in [0.2, 0.25) is 0 Å². The predicted molar refractivity (Wildman–Crippen MR) is 138 cm³/mol. The summed E-state index contributed by atoms with van der Waals surface area (Å²) in [4.78, 5) is 13.7. The highest BCUT2D eigenvalue weighted by Gasteiger charge is 2.18. The molecule has 172 valence electrons. The van der Waals surface area contributed by atoms with Crippen molar-refractivity contribution in [1.29, 1.82) is 0 Å². The van der Waals surface area contributed by atoms with E-state index in [-0.39, 0.29) is 5.82 Å². The third kappa shape index (κ3) is 5.72. The van der Waals surface area contributed by atoms with Crippen LogP contribution in [-0.2, 0) is 6.42 Å². The Balaban J connectivity index is 2.21. The molecule has 0 saturated carbocycles. The van der Waals surface area contributed by atoms with Gasteiger partial charge in [-0.15, -0.1) is 0 Å². The molecule has 0 radical (unpaired) electrons. The summed E-state index contributed by atoms with van der Waals surface area (Å²) in [7, 11) is 1.75. The Labute approximate surface area is 196 Å². The zero-order valence-corrected chi connectivity index (χ0v) is 20.2. The summed E-state index contributed by atoms with van der Waals surface area (Å²) >= 11 is 0. The van der Waals surface area contributed by atoms with Gasteiger partial charge in [-0.25, -0.2) is 9.38 Å². The summed E-state index contributed by atoms with van der Waals surface area (Å²) in [6, 6.07) is 9.37. The molecule has 1 heterocycles. The molecule has 2 aromatic rings. The average Bonchev–Trinajstić information content (AvgIpc) is 2.79. The van der Waals surface area contributed by atoms with Gasteiger partial charge in [0.15, 0.2) is 0 Å². The topological polar surface area (TPSA) is 46.3 Å². The van der Waals surface area contributed by atoms with E-state index in [4.69, 9.17) is 9.73 Å². The number of benzene rings is 2. The first-order valence-electron chi connectivity index (χ1n) is 11.4. The standard InChI is InChI=1S/C28H32FN3O/c1-6-21-13-11-14-24(27(21)29)23-16-25(20(4)30-5)28(26(17-23)33-7-2)32-19(3)22-12-9-8-10-15-31-18-22/h8,10-11,13-18H,6-7,9,12H2,1-5H3/b10-8+,22-18+,30-20?,31-15+,32-19?. The summed E-state index contributed by atoms with van der Waals surface area (Å²) in [5.41, 5.74) is 6.28. The third-order valence-corrected chi connectivity index (χ3v) is 5.73. The number of halogens is 1. The number of aryl methyl sites for hydroxylation is 1. The van der Waals surface area contributed by atoms with E-state index in [9.17, 15) is 0 Å². The highest BCUT2D eigenvalue weighted by molar-refractivity contribution is 6.08.